The van der Waals surface area contributed by atoms with E-state index >= 15 is 0 Å². The minimum absolute atomic E-state index is 0.0495. The quantitative estimate of drug-likeness (QED) is 0.289. The fraction of sp³-hybridized carbons (Fsp3) is 0.133. The molecule has 5 heteroatoms. The van der Waals surface area contributed by atoms with Crippen LogP contribution in [0.1, 0.15) is 36.7 Å². The zero-order chi connectivity index (χ0) is 24.4. The van der Waals surface area contributed by atoms with Crippen LogP contribution in [0.2, 0.25) is 0 Å². The van der Waals surface area contributed by atoms with E-state index < -0.39 is 0 Å². The highest BCUT2D eigenvalue weighted by Gasteiger charge is 2.15. The third kappa shape index (κ3) is 4.94. The summed E-state index contributed by atoms with van der Waals surface area (Å²) >= 11 is 0. The molecule has 35 heavy (non-hydrogen) atoms. The first-order chi connectivity index (χ1) is 16.9. The Morgan fingerprint density at radius 2 is 1.57 bits per heavy atom. The molecule has 0 saturated carbocycles. The molecule has 2 heterocycles. The summed E-state index contributed by atoms with van der Waals surface area (Å²) in [7, 11) is 0. The number of imidazole rings is 1. The van der Waals surface area contributed by atoms with E-state index in [0.29, 0.717) is 5.56 Å². The van der Waals surface area contributed by atoms with E-state index in [1.807, 2.05) is 95.7 Å². The summed E-state index contributed by atoms with van der Waals surface area (Å²) < 4.78 is 2.00. The molecule has 0 bridgehead atoms. The van der Waals surface area contributed by atoms with E-state index in [0.717, 1.165) is 33.8 Å². The molecule has 0 aliphatic heterocycles. The minimum Gasteiger partial charge on any atom is -0.352 e. The Hall–Kier alpha value is -4.38. The minimum atomic E-state index is -0.126. The second kappa shape index (κ2) is 9.11. The lowest BCUT2D eigenvalue weighted by Crippen LogP contribution is -2.14. The number of amides is 1. The maximum Gasteiger partial charge on any atom is 0.255 e. The van der Waals surface area contributed by atoms with Gasteiger partial charge in [-0.25, -0.2) is 4.98 Å². The number of benzene rings is 3. The summed E-state index contributed by atoms with van der Waals surface area (Å²) in [5.74, 6) is -0.126. The van der Waals surface area contributed by atoms with Gasteiger partial charge in [0.05, 0.1) is 5.69 Å². The van der Waals surface area contributed by atoms with Crippen molar-refractivity contribution < 1.29 is 4.79 Å². The number of carbonyl (C=O) groups is 1. The molecule has 0 spiro atoms. The highest BCUT2D eigenvalue weighted by molar-refractivity contribution is 6.04. The standard InChI is InChI=1S/C30H28N4O/c1-30(2,3)24-14-12-21(13-15-24)29(35)33-26-11-7-8-22(18-26)23-19-27(28-31-16-17-34(28)20-23)32-25-9-5-4-6-10-25/h4-20,32H,1-3H3,(H,33,35). The third-order valence-corrected chi connectivity index (χ3v) is 6.01. The van der Waals surface area contributed by atoms with Gasteiger partial charge >= 0.3 is 0 Å². The van der Waals surface area contributed by atoms with Crippen molar-refractivity contribution in [3.63, 3.8) is 0 Å². The lowest BCUT2D eigenvalue weighted by molar-refractivity contribution is 0.102. The Morgan fingerprint density at radius 3 is 2.31 bits per heavy atom. The van der Waals surface area contributed by atoms with Crippen LogP contribution < -0.4 is 10.6 Å². The molecule has 174 valence electrons. The van der Waals surface area contributed by atoms with Gasteiger partial charge in [0.1, 0.15) is 0 Å². The largest absolute Gasteiger partial charge is 0.352 e. The van der Waals surface area contributed by atoms with Gasteiger partial charge in [0.25, 0.3) is 5.91 Å². The summed E-state index contributed by atoms with van der Waals surface area (Å²) in [6, 6.07) is 27.8. The maximum absolute atomic E-state index is 12.9. The molecule has 0 atom stereocenters. The van der Waals surface area contributed by atoms with E-state index in [1.54, 1.807) is 6.20 Å². The molecule has 5 nitrogen and oxygen atoms in total. The monoisotopic (exact) mass is 460 g/mol. The first kappa shape index (κ1) is 22.4. The molecular weight excluding hydrogens is 432 g/mol. The van der Waals surface area contributed by atoms with Crippen LogP contribution in [0.15, 0.2) is 104 Å². The second-order valence-corrected chi connectivity index (χ2v) is 9.65. The number of anilines is 3. The molecule has 5 aromatic rings. The fourth-order valence-corrected chi connectivity index (χ4v) is 4.06. The topological polar surface area (TPSA) is 58.4 Å². The number of rotatable bonds is 5. The van der Waals surface area contributed by atoms with E-state index in [9.17, 15) is 4.79 Å². The molecule has 0 radical (unpaired) electrons. The van der Waals surface area contributed by atoms with Crippen molar-refractivity contribution in [1.29, 1.82) is 0 Å². The first-order valence-electron chi connectivity index (χ1n) is 11.7. The van der Waals surface area contributed by atoms with E-state index in [2.05, 4.69) is 42.5 Å². The molecule has 2 aromatic heterocycles. The van der Waals surface area contributed by atoms with Crippen molar-refractivity contribution in [1.82, 2.24) is 9.38 Å². The second-order valence-electron chi connectivity index (χ2n) is 9.65. The molecule has 0 unspecified atom stereocenters. The maximum atomic E-state index is 12.9. The lowest BCUT2D eigenvalue weighted by atomic mass is 9.87. The molecular formula is C30H28N4O. The van der Waals surface area contributed by atoms with Gasteiger partial charge in [-0.1, -0.05) is 63.2 Å². The molecule has 3 aromatic carbocycles. The van der Waals surface area contributed by atoms with Gasteiger partial charge in [0.15, 0.2) is 5.65 Å². The Balaban J connectivity index is 1.41. The smallest absolute Gasteiger partial charge is 0.255 e. The van der Waals surface area contributed by atoms with Crippen LogP contribution >= 0.6 is 0 Å². The molecule has 0 aliphatic carbocycles. The van der Waals surface area contributed by atoms with Gasteiger partial charge in [0, 0.05) is 41.1 Å². The number of pyridine rings is 1. The van der Waals surface area contributed by atoms with Crippen LogP contribution in [0.3, 0.4) is 0 Å². The number of hydrogen-bond acceptors (Lipinski definition) is 3. The molecule has 2 N–H and O–H groups in total. The number of aromatic nitrogens is 2. The van der Waals surface area contributed by atoms with E-state index in [1.165, 1.54) is 5.56 Å². The van der Waals surface area contributed by atoms with Crippen molar-refractivity contribution >= 4 is 28.6 Å². The van der Waals surface area contributed by atoms with Crippen molar-refractivity contribution in [2.45, 2.75) is 26.2 Å². The highest BCUT2D eigenvalue weighted by Crippen LogP contribution is 2.30. The van der Waals surface area contributed by atoms with E-state index in [4.69, 9.17) is 0 Å². The molecule has 1 amide bonds. The van der Waals surface area contributed by atoms with E-state index in [-0.39, 0.29) is 11.3 Å². The zero-order valence-corrected chi connectivity index (χ0v) is 20.1. The molecule has 5 rings (SSSR count). The average molecular weight is 461 g/mol. The van der Waals surface area contributed by atoms with Crippen molar-refractivity contribution in [3.05, 3.63) is 115 Å². The summed E-state index contributed by atoms with van der Waals surface area (Å²) in [5, 5.41) is 6.51. The van der Waals surface area contributed by atoms with Gasteiger partial charge in [-0.05, 0) is 59.0 Å². The number of para-hydroxylation sites is 1. The zero-order valence-electron chi connectivity index (χ0n) is 20.1. The normalized spacial score (nSPS) is 11.4. The van der Waals surface area contributed by atoms with Crippen LogP contribution in [-0.2, 0) is 5.41 Å². The lowest BCUT2D eigenvalue weighted by Gasteiger charge is -2.19. The number of nitrogens with one attached hydrogen (secondary N) is 2. The van der Waals surface area contributed by atoms with Crippen LogP contribution in [0.5, 0.6) is 0 Å². The van der Waals surface area contributed by atoms with Crippen LogP contribution in [0.25, 0.3) is 16.8 Å². The van der Waals surface area contributed by atoms with Crippen molar-refractivity contribution in [3.8, 4) is 11.1 Å². The summed E-state index contributed by atoms with van der Waals surface area (Å²) in [4.78, 5) is 17.4. The Bertz CT molecular complexity index is 1480. The Kier molecular flexibility index (Phi) is 5.83. The molecule has 0 fully saturated rings. The SMILES string of the molecule is CC(C)(C)c1ccc(C(=O)Nc2cccc(-c3cc(Nc4ccccc4)c4nccn4c3)c2)cc1. The Morgan fingerprint density at radius 1 is 0.829 bits per heavy atom. The summed E-state index contributed by atoms with van der Waals surface area (Å²) in [6.07, 6.45) is 5.77. The predicted molar refractivity (Wildman–Crippen MR) is 143 cm³/mol. The van der Waals surface area contributed by atoms with Crippen molar-refractivity contribution in [2.75, 3.05) is 10.6 Å². The average Bonchev–Trinajstić information content (AvgIpc) is 3.34. The van der Waals surface area contributed by atoms with Gasteiger partial charge in [0.2, 0.25) is 0 Å². The Labute approximate surface area is 205 Å². The molecule has 0 aliphatic rings. The highest BCUT2D eigenvalue weighted by atomic mass is 16.1. The van der Waals surface area contributed by atoms with Crippen LogP contribution in [0.4, 0.5) is 17.1 Å². The van der Waals surface area contributed by atoms with Gasteiger partial charge in [-0.3, -0.25) is 4.79 Å². The molecule has 0 saturated heterocycles. The number of nitrogens with zero attached hydrogens (tertiary/aromatic N) is 2. The number of fused-ring (bicyclic) bond motifs is 1. The van der Waals surface area contributed by atoms with Crippen molar-refractivity contribution in [2.24, 2.45) is 0 Å². The predicted octanol–water partition coefficient (Wildman–Crippen LogP) is 7.29. The number of carbonyl (C=O) groups excluding carboxylic acids is 1. The summed E-state index contributed by atoms with van der Waals surface area (Å²) in [5.41, 5.74) is 7.39. The summed E-state index contributed by atoms with van der Waals surface area (Å²) in [6.45, 7) is 6.49. The first-order valence-corrected chi connectivity index (χ1v) is 11.7. The number of hydrogen-bond donors (Lipinski definition) is 2. The van der Waals surface area contributed by atoms with Gasteiger partial charge in [-0.2, -0.15) is 0 Å². The van der Waals surface area contributed by atoms with Gasteiger partial charge in [-0.15, -0.1) is 0 Å². The van der Waals surface area contributed by atoms with Gasteiger partial charge < -0.3 is 15.0 Å². The van der Waals surface area contributed by atoms with Crippen LogP contribution in [0, 0.1) is 0 Å². The fourth-order valence-electron chi connectivity index (χ4n) is 4.06. The van der Waals surface area contributed by atoms with Crippen LogP contribution in [-0.4, -0.2) is 15.3 Å². The third-order valence-electron chi connectivity index (χ3n) is 6.01.